The summed E-state index contributed by atoms with van der Waals surface area (Å²) in [7, 11) is 0. The number of nitrogens with zero attached hydrogens (tertiary/aromatic N) is 1. The Hall–Kier alpha value is -2.21. The first-order valence-electron chi connectivity index (χ1n) is 5.84. The Labute approximate surface area is 111 Å². The molecule has 0 aliphatic rings. The van der Waals surface area contributed by atoms with Gasteiger partial charge in [-0.05, 0) is 6.92 Å². The van der Waals surface area contributed by atoms with Crippen LogP contribution in [-0.4, -0.2) is 24.0 Å². The zero-order valence-electron chi connectivity index (χ0n) is 10.7. The van der Waals surface area contributed by atoms with Gasteiger partial charge in [-0.3, -0.25) is 10.1 Å². The number of esters is 1. The number of nitro groups is 1. The Balaban J connectivity index is 2.52. The molecule has 6 heteroatoms. The largest absolute Gasteiger partial charge is 0.463 e. The molecule has 1 rings (SSSR count). The molecule has 0 aliphatic carbocycles. The van der Waals surface area contributed by atoms with Crippen LogP contribution in [0.1, 0.15) is 12.5 Å². The van der Waals surface area contributed by atoms with Crippen LogP contribution in [0.5, 0.6) is 0 Å². The summed E-state index contributed by atoms with van der Waals surface area (Å²) in [6.45, 7) is 6.11. The summed E-state index contributed by atoms with van der Waals surface area (Å²) < 4.78 is 4.78. The van der Waals surface area contributed by atoms with E-state index in [1.165, 1.54) is 6.07 Å². The number of carbonyl (C=O) groups excluding carboxylic acids is 1. The Kier molecular flexibility index (Phi) is 5.69. The quantitative estimate of drug-likeness (QED) is 0.351. The fourth-order valence-corrected chi connectivity index (χ4v) is 1.49. The second-order valence-corrected chi connectivity index (χ2v) is 3.81. The van der Waals surface area contributed by atoms with Crippen LogP contribution in [0.15, 0.2) is 36.4 Å². The van der Waals surface area contributed by atoms with Crippen molar-refractivity contribution in [1.29, 1.82) is 0 Å². The molecule has 0 bridgehead atoms. The molecule has 6 nitrogen and oxygen atoms in total. The minimum Gasteiger partial charge on any atom is -0.463 e. The molecule has 1 N–H and O–H groups in total. The van der Waals surface area contributed by atoms with Gasteiger partial charge in [-0.2, -0.15) is 0 Å². The van der Waals surface area contributed by atoms with E-state index in [2.05, 4.69) is 11.9 Å². The molecule has 0 amide bonds. The maximum absolute atomic E-state index is 11.3. The third-order valence-electron chi connectivity index (χ3n) is 2.41. The highest BCUT2D eigenvalue weighted by molar-refractivity contribution is 5.88. The summed E-state index contributed by atoms with van der Waals surface area (Å²) in [5, 5.41) is 13.7. The molecule has 0 saturated carbocycles. The lowest BCUT2D eigenvalue weighted by Crippen LogP contribution is -2.21. The van der Waals surface area contributed by atoms with Crippen LogP contribution in [-0.2, 0) is 16.1 Å². The van der Waals surface area contributed by atoms with Crippen molar-refractivity contribution in [2.24, 2.45) is 0 Å². The van der Waals surface area contributed by atoms with Crippen molar-refractivity contribution in [3.8, 4) is 0 Å². The van der Waals surface area contributed by atoms with E-state index in [4.69, 9.17) is 4.74 Å². The van der Waals surface area contributed by atoms with Gasteiger partial charge in [-0.25, -0.2) is 4.79 Å². The zero-order valence-corrected chi connectivity index (χ0v) is 10.7. The third-order valence-corrected chi connectivity index (χ3v) is 2.41. The number of rotatable bonds is 7. The summed E-state index contributed by atoms with van der Waals surface area (Å²) in [5.41, 5.74) is 0.904. The van der Waals surface area contributed by atoms with Gasteiger partial charge in [0.25, 0.3) is 5.69 Å². The lowest BCUT2D eigenvalue weighted by molar-refractivity contribution is -0.385. The van der Waals surface area contributed by atoms with Crippen LogP contribution < -0.4 is 5.32 Å². The molecule has 0 spiro atoms. The van der Waals surface area contributed by atoms with E-state index in [9.17, 15) is 14.9 Å². The van der Waals surface area contributed by atoms with Gasteiger partial charge in [-0.15, -0.1) is 0 Å². The van der Waals surface area contributed by atoms with Crippen molar-refractivity contribution < 1.29 is 14.5 Å². The molecule has 1 aromatic rings. The van der Waals surface area contributed by atoms with Crippen LogP contribution >= 0.6 is 0 Å². The van der Waals surface area contributed by atoms with Gasteiger partial charge in [-0.1, -0.05) is 24.8 Å². The number of benzene rings is 1. The average Bonchev–Trinajstić information content (AvgIpc) is 2.39. The van der Waals surface area contributed by atoms with Crippen LogP contribution in [0.2, 0.25) is 0 Å². The molecule has 0 saturated heterocycles. The van der Waals surface area contributed by atoms with Crippen molar-refractivity contribution in [1.82, 2.24) is 5.32 Å². The molecule has 0 aromatic heterocycles. The van der Waals surface area contributed by atoms with Gasteiger partial charge in [0.2, 0.25) is 0 Å². The molecule has 0 atom stereocenters. The molecule has 0 radical (unpaired) electrons. The lowest BCUT2D eigenvalue weighted by Gasteiger charge is -2.07. The van der Waals surface area contributed by atoms with E-state index in [1.54, 1.807) is 25.1 Å². The van der Waals surface area contributed by atoms with Crippen molar-refractivity contribution in [2.45, 2.75) is 13.5 Å². The van der Waals surface area contributed by atoms with Gasteiger partial charge < -0.3 is 10.1 Å². The topological polar surface area (TPSA) is 81.5 Å². The molecule has 0 unspecified atom stereocenters. The molecule has 19 heavy (non-hydrogen) atoms. The Morgan fingerprint density at radius 3 is 2.79 bits per heavy atom. The standard InChI is InChI=1S/C13H16N2O4/c1-3-19-13(16)10(2)8-14-9-11-6-4-5-7-12(11)15(17)18/h4-7,14H,2-3,8-9H2,1H3. The Morgan fingerprint density at radius 2 is 2.16 bits per heavy atom. The predicted molar refractivity (Wildman–Crippen MR) is 70.6 cm³/mol. The normalized spacial score (nSPS) is 9.95. The first kappa shape index (κ1) is 14.8. The first-order valence-corrected chi connectivity index (χ1v) is 5.84. The van der Waals surface area contributed by atoms with Gasteiger partial charge in [0.1, 0.15) is 0 Å². The maximum atomic E-state index is 11.3. The van der Waals surface area contributed by atoms with E-state index in [1.807, 2.05) is 0 Å². The highest BCUT2D eigenvalue weighted by Gasteiger charge is 2.12. The van der Waals surface area contributed by atoms with Crippen molar-refractivity contribution in [3.63, 3.8) is 0 Å². The fraction of sp³-hybridized carbons (Fsp3) is 0.308. The van der Waals surface area contributed by atoms with Crippen LogP contribution in [0, 0.1) is 10.1 Å². The SMILES string of the molecule is C=C(CNCc1ccccc1[N+](=O)[O-])C(=O)OCC. The second-order valence-electron chi connectivity index (χ2n) is 3.81. The van der Waals surface area contributed by atoms with Gasteiger partial charge in [0.15, 0.2) is 0 Å². The average molecular weight is 264 g/mol. The van der Waals surface area contributed by atoms with E-state index in [0.29, 0.717) is 17.7 Å². The molecule has 102 valence electrons. The summed E-state index contributed by atoms with van der Waals surface area (Å²) in [5.74, 6) is -0.461. The van der Waals surface area contributed by atoms with Crippen LogP contribution in [0.4, 0.5) is 5.69 Å². The lowest BCUT2D eigenvalue weighted by atomic mass is 10.2. The smallest absolute Gasteiger partial charge is 0.334 e. The molecular weight excluding hydrogens is 248 g/mol. The number of hydrogen-bond donors (Lipinski definition) is 1. The summed E-state index contributed by atoms with van der Waals surface area (Å²) in [6.07, 6.45) is 0. The minimum absolute atomic E-state index is 0.0525. The third kappa shape index (κ3) is 4.51. The number of nitrogens with one attached hydrogen (secondary N) is 1. The van der Waals surface area contributed by atoms with Gasteiger partial charge in [0, 0.05) is 30.3 Å². The molecule has 0 aliphatic heterocycles. The summed E-state index contributed by atoms with van der Waals surface area (Å²) in [4.78, 5) is 21.7. The fourth-order valence-electron chi connectivity index (χ4n) is 1.49. The van der Waals surface area contributed by atoms with Crippen molar-refractivity contribution >= 4 is 11.7 Å². The Bertz CT molecular complexity index is 485. The van der Waals surface area contributed by atoms with Gasteiger partial charge >= 0.3 is 5.97 Å². The van der Waals surface area contributed by atoms with E-state index >= 15 is 0 Å². The number of nitro benzene ring substituents is 1. The summed E-state index contributed by atoms with van der Waals surface area (Å²) in [6, 6.07) is 6.44. The molecule has 0 fully saturated rings. The van der Waals surface area contributed by atoms with Crippen LogP contribution in [0.3, 0.4) is 0 Å². The van der Waals surface area contributed by atoms with Crippen LogP contribution in [0.25, 0.3) is 0 Å². The highest BCUT2D eigenvalue weighted by Crippen LogP contribution is 2.17. The second kappa shape index (κ2) is 7.27. The molecule has 1 aromatic carbocycles. The monoisotopic (exact) mass is 264 g/mol. The van der Waals surface area contributed by atoms with E-state index < -0.39 is 10.9 Å². The zero-order chi connectivity index (χ0) is 14.3. The maximum Gasteiger partial charge on any atom is 0.334 e. The highest BCUT2D eigenvalue weighted by atomic mass is 16.6. The number of para-hydroxylation sites is 1. The van der Waals surface area contributed by atoms with Crippen molar-refractivity contribution in [2.75, 3.05) is 13.2 Å². The van der Waals surface area contributed by atoms with Crippen molar-refractivity contribution in [3.05, 3.63) is 52.1 Å². The minimum atomic E-state index is -0.461. The van der Waals surface area contributed by atoms with Gasteiger partial charge in [0.05, 0.1) is 11.5 Å². The molecular formula is C13H16N2O4. The van der Waals surface area contributed by atoms with E-state index in [0.717, 1.165) is 0 Å². The molecule has 0 heterocycles. The first-order chi connectivity index (χ1) is 9.06. The summed E-state index contributed by atoms with van der Waals surface area (Å²) >= 11 is 0. The number of carbonyl (C=O) groups is 1. The Morgan fingerprint density at radius 1 is 1.47 bits per heavy atom. The number of ether oxygens (including phenoxy) is 1. The number of hydrogen-bond acceptors (Lipinski definition) is 5. The van der Waals surface area contributed by atoms with E-state index in [-0.39, 0.29) is 18.8 Å². The predicted octanol–water partition coefficient (Wildman–Crippen LogP) is 1.80.